The van der Waals surface area contributed by atoms with E-state index in [4.69, 9.17) is 4.42 Å². The van der Waals surface area contributed by atoms with Gasteiger partial charge in [-0.25, -0.2) is 0 Å². The van der Waals surface area contributed by atoms with Crippen LogP contribution in [0, 0.1) is 11.8 Å². The smallest absolute Gasteiger partial charge is 0.286 e. The molecule has 1 heterocycles. The Morgan fingerprint density at radius 3 is 2.47 bits per heavy atom. The molecule has 0 spiro atoms. The largest absolute Gasteiger partial charge is 0.408 e. The van der Waals surface area contributed by atoms with Gasteiger partial charge in [-0.05, 0) is 56.7 Å². The minimum Gasteiger partial charge on any atom is -0.408 e. The molecule has 2 unspecified atom stereocenters. The summed E-state index contributed by atoms with van der Waals surface area (Å²) < 4.78 is 5.43. The number of carbonyl (C=O) groups excluding carboxylic acids is 2. The summed E-state index contributed by atoms with van der Waals surface area (Å²) in [5.74, 6) is -0.822. The van der Waals surface area contributed by atoms with Crippen molar-refractivity contribution in [3.8, 4) is 0 Å². The number of hydrogen-bond donors (Lipinski definition) is 3. The van der Waals surface area contributed by atoms with Crippen LogP contribution in [0.2, 0.25) is 0 Å². The van der Waals surface area contributed by atoms with Crippen LogP contribution in [-0.2, 0) is 11.3 Å². The molecule has 1 aliphatic carbocycles. The van der Waals surface area contributed by atoms with E-state index in [-0.39, 0.29) is 35.5 Å². The first-order valence-corrected chi connectivity index (χ1v) is 13.8. The van der Waals surface area contributed by atoms with Crippen molar-refractivity contribution in [3.05, 3.63) is 41.3 Å². The van der Waals surface area contributed by atoms with Crippen molar-refractivity contribution in [2.24, 2.45) is 11.8 Å². The van der Waals surface area contributed by atoms with Crippen molar-refractivity contribution in [3.63, 3.8) is 0 Å². The van der Waals surface area contributed by atoms with E-state index in [0.717, 1.165) is 36.9 Å². The first-order valence-electron chi connectivity index (χ1n) is 12.6. The van der Waals surface area contributed by atoms with Crippen molar-refractivity contribution in [2.75, 3.05) is 20.4 Å². The topological polar surface area (TPSA) is 121 Å². The minimum atomic E-state index is -0.881. The Hall–Kier alpha value is -2.27. The number of aliphatic hydroxyl groups is 1. The van der Waals surface area contributed by atoms with E-state index < -0.39 is 12.3 Å². The molecular weight excluding hydrogens is 478 g/mol. The normalized spacial score (nSPS) is 19.9. The van der Waals surface area contributed by atoms with Crippen LogP contribution in [0.4, 0.5) is 0 Å². The molecule has 4 atom stereocenters. The number of thioether (sulfide) groups is 1. The second-order valence-corrected chi connectivity index (χ2v) is 10.9. The van der Waals surface area contributed by atoms with Crippen molar-refractivity contribution >= 4 is 23.5 Å². The molecule has 0 bridgehead atoms. The third-order valence-corrected chi connectivity index (χ3v) is 6.92. The average Bonchev–Trinajstić information content (AvgIpc) is 3.32. The maximum atomic E-state index is 13.4. The van der Waals surface area contributed by atoms with Crippen LogP contribution in [0.25, 0.3) is 0 Å². The molecule has 1 aliphatic rings. The fourth-order valence-electron chi connectivity index (χ4n) is 4.64. The second kappa shape index (κ2) is 13.3. The molecule has 1 fully saturated rings. The lowest BCUT2D eigenvalue weighted by molar-refractivity contribution is -0.127. The van der Waals surface area contributed by atoms with Crippen LogP contribution in [-0.4, -0.2) is 64.3 Å². The molecule has 0 radical (unpaired) electrons. The van der Waals surface area contributed by atoms with E-state index >= 15 is 0 Å². The van der Waals surface area contributed by atoms with E-state index in [1.165, 1.54) is 11.8 Å². The van der Waals surface area contributed by atoms with Crippen LogP contribution >= 0.6 is 11.8 Å². The van der Waals surface area contributed by atoms with E-state index in [2.05, 4.69) is 25.7 Å². The summed E-state index contributed by atoms with van der Waals surface area (Å²) in [6, 6.07) is 6.90. The fourth-order valence-corrected chi connectivity index (χ4v) is 4.92. The number of rotatable bonds is 12. The predicted molar refractivity (Wildman–Crippen MR) is 139 cm³/mol. The highest BCUT2D eigenvalue weighted by molar-refractivity contribution is 7.98. The zero-order chi connectivity index (χ0) is 26.2. The molecule has 36 heavy (non-hydrogen) atoms. The summed E-state index contributed by atoms with van der Waals surface area (Å²) in [5.41, 5.74) is 1.92. The molecule has 198 valence electrons. The Labute approximate surface area is 217 Å². The third kappa shape index (κ3) is 7.86. The van der Waals surface area contributed by atoms with Gasteiger partial charge < -0.3 is 19.7 Å². The lowest BCUT2D eigenvalue weighted by Crippen LogP contribution is -2.51. The van der Waals surface area contributed by atoms with Crippen LogP contribution in [0.1, 0.15) is 74.0 Å². The standard InChI is InChI=1S/C26H39N5O4S/c1-16(2)14-21(22(32)25-29-30-26(35-25)36-5)28-24(34)19-8-6-7-9-20(19)27-23(33)18-12-10-17(11-13-18)15-31(3)4/h10-13,16,19-21,23,27,33H,6-9,14-15H2,1-5H3,(H,28,34)/t19-,20+,21?,23?/m1/s1. The zero-order valence-electron chi connectivity index (χ0n) is 21.9. The molecule has 2 aromatic rings. The number of nitrogens with zero attached hydrogens (tertiary/aromatic N) is 3. The number of benzene rings is 1. The van der Waals surface area contributed by atoms with Crippen molar-refractivity contribution in [2.45, 2.75) is 76.0 Å². The first-order chi connectivity index (χ1) is 17.2. The van der Waals surface area contributed by atoms with Crippen LogP contribution < -0.4 is 10.6 Å². The first kappa shape index (κ1) is 28.3. The van der Waals surface area contributed by atoms with Crippen LogP contribution in [0.15, 0.2) is 33.9 Å². The highest BCUT2D eigenvalue weighted by Crippen LogP contribution is 2.27. The number of hydrogen-bond acceptors (Lipinski definition) is 9. The number of aliphatic hydroxyl groups excluding tert-OH is 1. The molecule has 0 aliphatic heterocycles. The highest BCUT2D eigenvalue weighted by atomic mass is 32.2. The van der Waals surface area contributed by atoms with E-state index in [1.54, 1.807) is 6.26 Å². The van der Waals surface area contributed by atoms with Gasteiger partial charge in [-0.15, -0.1) is 10.2 Å². The van der Waals surface area contributed by atoms with E-state index in [0.29, 0.717) is 18.1 Å². The van der Waals surface area contributed by atoms with Gasteiger partial charge in [0.15, 0.2) is 0 Å². The van der Waals surface area contributed by atoms with Gasteiger partial charge in [-0.3, -0.25) is 14.9 Å². The minimum absolute atomic E-state index is 0.0863. The summed E-state index contributed by atoms with van der Waals surface area (Å²) in [5, 5.41) is 25.1. The highest BCUT2D eigenvalue weighted by Gasteiger charge is 2.35. The zero-order valence-corrected chi connectivity index (χ0v) is 22.7. The summed E-state index contributed by atoms with van der Waals surface area (Å²) >= 11 is 1.26. The Kier molecular flexibility index (Phi) is 10.5. The van der Waals surface area contributed by atoms with Gasteiger partial charge in [0.05, 0.1) is 12.0 Å². The molecule has 3 rings (SSSR count). The number of Topliss-reactive ketones (excluding diaryl/α,β-unsaturated/α-hetero) is 1. The van der Waals surface area contributed by atoms with Gasteiger partial charge in [-0.1, -0.05) is 62.7 Å². The Morgan fingerprint density at radius 1 is 1.17 bits per heavy atom. The summed E-state index contributed by atoms with van der Waals surface area (Å²) in [6.07, 6.45) is 4.74. The molecule has 1 saturated carbocycles. The summed E-state index contributed by atoms with van der Waals surface area (Å²) in [6.45, 7) is 4.82. The number of carbonyl (C=O) groups is 2. The predicted octanol–water partition coefficient (Wildman–Crippen LogP) is 3.41. The lowest BCUT2D eigenvalue weighted by atomic mass is 9.83. The number of ketones is 1. The Morgan fingerprint density at radius 2 is 1.86 bits per heavy atom. The van der Waals surface area contributed by atoms with Gasteiger partial charge in [0, 0.05) is 12.6 Å². The molecule has 1 aromatic carbocycles. The molecule has 9 nitrogen and oxygen atoms in total. The summed E-state index contributed by atoms with van der Waals surface area (Å²) in [7, 11) is 4.03. The van der Waals surface area contributed by atoms with E-state index in [9.17, 15) is 14.7 Å². The summed E-state index contributed by atoms with van der Waals surface area (Å²) in [4.78, 5) is 28.6. The lowest BCUT2D eigenvalue weighted by Gasteiger charge is -2.34. The third-order valence-electron chi connectivity index (χ3n) is 6.40. The van der Waals surface area contributed by atoms with Crippen molar-refractivity contribution in [1.29, 1.82) is 0 Å². The molecule has 3 N–H and O–H groups in total. The Balaban J connectivity index is 1.68. The number of aromatic nitrogens is 2. The maximum Gasteiger partial charge on any atom is 0.286 e. The molecule has 1 amide bonds. The number of amides is 1. The second-order valence-electron chi connectivity index (χ2n) is 10.2. The molecule has 1 aromatic heterocycles. The van der Waals surface area contributed by atoms with Gasteiger partial charge in [0.2, 0.25) is 11.7 Å². The molecule has 0 saturated heterocycles. The van der Waals surface area contributed by atoms with Gasteiger partial charge in [0.25, 0.3) is 11.1 Å². The monoisotopic (exact) mass is 517 g/mol. The van der Waals surface area contributed by atoms with Crippen molar-refractivity contribution in [1.82, 2.24) is 25.7 Å². The van der Waals surface area contributed by atoms with Crippen LogP contribution in [0.5, 0.6) is 0 Å². The van der Waals surface area contributed by atoms with E-state index in [1.807, 2.05) is 52.2 Å². The molecule has 10 heteroatoms. The molecular formula is C26H39N5O4S. The fraction of sp³-hybridized carbons (Fsp3) is 0.615. The van der Waals surface area contributed by atoms with Crippen molar-refractivity contribution < 1.29 is 19.1 Å². The number of nitrogens with one attached hydrogen (secondary N) is 2. The quantitative estimate of drug-likeness (QED) is 0.221. The van der Waals surface area contributed by atoms with Gasteiger partial charge >= 0.3 is 0 Å². The average molecular weight is 518 g/mol. The maximum absolute atomic E-state index is 13.4. The SMILES string of the molecule is CSc1nnc(C(=O)C(CC(C)C)NC(=O)[C@@H]2CCCC[C@@H]2NC(O)c2ccc(CN(C)C)cc2)o1. The van der Waals surface area contributed by atoms with Crippen LogP contribution in [0.3, 0.4) is 0 Å². The van der Waals surface area contributed by atoms with Gasteiger partial charge in [0.1, 0.15) is 6.23 Å². The van der Waals surface area contributed by atoms with Gasteiger partial charge in [-0.2, -0.15) is 0 Å². The Bertz CT molecular complexity index is 994.